The molecule has 0 aliphatic rings. The summed E-state index contributed by atoms with van der Waals surface area (Å²) < 4.78 is 10.1. The highest BCUT2D eigenvalue weighted by Crippen LogP contribution is 2.27. The molecule has 0 saturated heterocycles. The molecule has 0 amide bonds. The van der Waals surface area contributed by atoms with Gasteiger partial charge in [0.25, 0.3) is 10.8 Å². The Hall–Kier alpha value is -3.14. The molecule has 1 aromatic carbocycles. The van der Waals surface area contributed by atoms with Crippen molar-refractivity contribution < 1.29 is 4.42 Å². The molecule has 168 valence electrons. The SMILES string of the molecule is Cn1cnc2c1c(=O)n(CCCSc1nnc(-c3ccc(C(C)(C)C)cc3)o1)c(=O)n2C. The molecule has 0 saturated carbocycles. The third-order valence-corrected chi connectivity index (χ3v) is 6.26. The van der Waals surface area contributed by atoms with Gasteiger partial charge in [0, 0.05) is 32.0 Å². The Labute approximate surface area is 189 Å². The number of fused-ring (bicyclic) bond motifs is 1. The van der Waals surface area contributed by atoms with Crippen molar-refractivity contribution in [2.45, 2.75) is 44.4 Å². The van der Waals surface area contributed by atoms with Crippen molar-refractivity contribution in [3.63, 3.8) is 0 Å². The lowest BCUT2D eigenvalue weighted by molar-refractivity contribution is 0.465. The second kappa shape index (κ2) is 8.42. The molecule has 0 fully saturated rings. The first-order valence-corrected chi connectivity index (χ1v) is 11.3. The van der Waals surface area contributed by atoms with Crippen LogP contribution in [0.25, 0.3) is 22.6 Å². The minimum Gasteiger partial charge on any atom is -0.411 e. The zero-order valence-corrected chi connectivity index (χ0v) is 19.6. The van der Waals surface area contributed by atoms with Crippen LogP contribution in [0.3, 0.4) is 0 Å². The van der Waals surface area contributed by atoms with E-state index in [0.717, 1.165) is 5.56 Å². The highest BCUT2D eigenvalue weighted by atomic mass is 32.2. The van der Waals surface area contributed by atoms with Crippen LogP contribution in [0.1, 0.15) is 32.8 Å². The maximum absolute atomic E-state index is 12.7. The summed E-state index contributed by atoms with van der Waals surface area (Å²) in [4.78, 5) is 29.4. The predicted octanol–water partition coefficient (Wildman–Crippen LogP) is 2.96. The van der Waals surface area contributed by atoms with Gasteiger partial charge in [-0.05, 0) is 29.5 Å². The van der Waals surface area contributed by atoms with Crippen LogP contribution in [0.15, 0.2) is 49.8 Å². The van der Waals surface area contributed by atoms with Gasteiger partial charge in [-0.25, -0.2) is 9.78 Å². The summed E-state index contributed by atoms with van der Waals surface area (Å²) in [6, 6.07) is 8.12. The largest absolute Gasteiger partial charge is 0.411 e. The van der Waals surface area contributed by atoms with Crippen LogP contribution in [0, 0.1) is 0 Å². The van der Waals surface area contributed by atoms with Crippen molar-refractivity contribution in [2.24, 2.45) is 14.1 Å². The summed E-state index contributed by atoms with van der Waals surface area (Å²) in [6.07, 6.45) is 2.14. The smallest absolute Gasteiger partial charge is 0.332 e. The summed E-state index contributed by atoms with van der Waals surface area (Å²) in [6.45, 7) is 6.81. The number of rotatable bonds is 6. The monoisotopic (exact) mass is 454 g/mol. The molecular weight excluding hydrogens is 428 g/mol. The lowest BCUT2D eigenvalue weighted by Gasteiger charge is -2.18. The fraction of sp³-hybridized carbons (Fsp3) is 0.409. The Morgan fingerprint density at radius 1 is 1.06 bits per heavy atom. The van der Waals surface area contributed by atoms with Crippen LogP contribution >= 0.6 is 11.8 Å². The van der Waals surface area contributed by atoms with Gasteiger partial charge in [-0.1, -0.05) is 44.7 Å². The minimum atomic E-state index is -0.370. The van der Waals surface area contributed by atoms with Gasteiger partial charge in [-0.2, -0.15) is 0 Å². The van der Waals surface area contributed by atoms with Gasteiger partial charge in [0.1, 0.15) is 0 Å². The summed E-state index contributed by atoms with van der Waals surface area (Å²) in [5.74, 6) is 1.10. The molecule has 0 aliphatic heterocycles. The maximum atomic E-state index is 12.7. The second-order valence-corrected chi connectivity index (χ2v) is 9.77. The molecule has 4 aromatic rings. The third kappa shape index (κ3) is 4.14. The van der Waals surface area contributed by atoms with Crippen molar-refractivity contribution in [3.05, 3.63) is 57.0 Å². The van der Waals surface area contributed by atoms with Gasteiger partial charge in [0.2, 0.25) is 5.89 Å². The van der Waals surface area contributed by atoms with Crippen LogP contribution in [-0.2, 0) is 26.1 Å². The Balaban J connectivity index is 1.40. The molecule has 9 nitrogen and oxygen atoms in total. The zero-order chi connectivity index (χ0) is 23.0. The van der Waals surface area contributed by atoms with Crippen LogP contribution < -0.4 is 11.2 Å². The van der Waals surface area contributed by atoms with E-state index in [9.17, 15) is 9.59 Å². The summed E-state index contributed by atoms with van der Waals surface area (Å²) in [5.41, 5.74) is 2.30. The Morgan fingerprint density at radius 3 is 2.47 bits per heavy atom. The number of hydrogen-bond donors (Lipinski definition) is 0. The molecule has 3 aromatic heterocycles. The van der Waals surface area contributed by atoms with E-state index in [4.69, 9.17) is 4.42 Å². The lowest BCUT2D eigenvalue weighted by atomic mass is 9.87. The molecule has 0 unspecified atom stereocenters. The second-order valence-electron chi connectivity index (χ2n) is 8.73. The van der Waals surface area contributed by atoms with Crippen molar-refractivity contribution in [1.29, 1.82) is 0 Å². The number of hydrogen-bond acceptors (Lipinski definition) is 7. The van der Waals surface area contributed by atoms with Crippen molar-refractivity contribution in [3.8, 4) is 11.5 Å². The van der Waals surface area contributed by atoms with Gasteiger partial charge >= 0.3 is 5.69 Å². The van der Waals surface area contributed by atoms with E-state index in [1.807, 2.05) is 12.1 Å². The topological polar surface area (TPSA) is 101 Å². The van der Waals surface area contributed by atoms with Gasteiger partial charge < -0.3 is 8.98 Å². The number of aromatic nitrogens is 6. The van der Waals surface area contributed by atoms with E-state index in [1.165, 1.54) is 32.8 Å². The standard InChI is InChI=1S/C22H26N6O3S/c1-22(2,3)15-9-7-14(8-10-15)18-24-25-20(31-18)32-12-6-11-28-19(29)16-17(23-13-26(16)4)27(5)21(28)30/h7-10,13H,6,11-12H2,1-5H3. The summed E-state index contributed by atoms with van der Waals surface area (Å²) in [5, 5.41) is 8.70. The highest BCUT2D eigenvalue weighted by molar-refractivity contribution is 7.99. The Bertz CT molecular complexity index is 1370. The predicted molar refractivity (Wildman–Crippen MR) is 124 cm³/mol. The molecule has 32 heavy (non-hydrogen) atoms. The van der Waals surface area contributed by atoms with Crippen LogP contribution in [0.5, 0.6) is 0 Å². The van der Waals surface area contributed by atoms with Gasteiger partial charge in [-0.3, -0.25) is 13.9 Å². The van der Waals surface area contributed by atoms with E-state index >= 15 is 0 Å². The first-order chi connectivity index (χ1) is 15.2. The van der Waals surface area contributed by atoms with Crippen LogP contribution in [-0.4, -0.2) is 34.6 Å². The number of nitrogens with zero attached hydrogens (tertiary/aromatic N) is 6. The molecule has 4 rings (SSSR count). The first-order valence-electron chi connectivity index (χ1n) is 10.3. The molecule has 0 aliphatic carbocycles. The lowest BCUT2D eigenvalue weighted by Crippen LogP contribution is -2.39. The van der Waals surface area contributed by atoms with E-state index in [1.54, 1.807) is 18.7 Å². The number of thioether (sulfide) groups is 1. The van der Waals surface area contributed by atoms with E-state index in [2.05, 4.69) is 48.1 Å². The average Bonchev–Trinajstić information content (AvgIpc) is 3.38. The summed E-state index contributed by atoms with van der Waals surface area (Å²) >= 11 is 1.40. The van der Waals surface area contributed by atoms with E-state index in [-0.39, 0.29) is 16.7 Å². The molecule has 0 atom stereocenters. The van der Waals surface area contributed by atoms with Crippen molar-refractivity contribution in [1.82, 2.24) is 28.9 Å². The van der Waals surface area contributed by atoms with Gasteiger partial charge in [0.15, 0.2) is 11.2 Å². The quantitative estimate of drug-likeness (QED) is 0.326. The molecule has 0 radical (unpaired) electrons. The molecule has 0 bridgehead atoms. The van der Waals surface area contributed by atoms with Crippen molar-refractivity contribution >= 4 is 22.9 Å². The fourth-order valence-electron chi connectivity index (χ4n) is 3.47. The summed E-state index contributed by atoms with van der Waals surface area (Å²) in [7, 11) is 3.36. The first kappa shape index (κ1) is 22.1. The highest BCUT2D eigenvalue weighted by Gasteiger charge is 2.16. The van der Waals surface area contributed by atoms with Crippen LogP contribution in [0.4, 0.5) is 0 Å². The van der Waals surface area contributed by atoms with Gasteiger partial charge in [0.05, 0.1) is 6.33 Å². The van der Waals surface area contributed by atoms with Crippen molar-refractivity contribution in [2.75, 3.05) is 5.75 Å². The van der Waals surface area contributed by atoms with Gasteiger partial charge in [-0.15, -0.1) is 10.2 Å². The molecule has 0 N–H and O–H groups in total. The normalized spacial score (nSPS) is 12.0. The average molecular weight is 455 g/mol. The minimum absolute atomic E-state index is 0.0820. The Kier molecular flexibility index (Phi) is 5.81. The Morgan fingerprint density at radius 2 is 1.78 bits per heavy atom. The number of imidazole rings is 1. The van der Waals surface area contributed by atoms with Crippen LogP contribution in [0.2, 0.25) is 0 Å². The molecule has 3 heterocycles. The molecule has 10 heteroatoms. The number of aryl methyl sites for hydroxylation is 2. The third-order valence-electron chi connectivity index (χ3n) is 5.36. The van der Waals surface area contributed by atoms with E-state index < -0.39 is 0 Å². The fourth-order valence-corrected chi connectivity index (χ4v) is 4.16. The molecular formula is C22H26N6O3S. The van der Waals surface area contributed by atoms with E-state index in [0.29, 0.717) is 41.0 Å². The molecule has 0 spiro atoms. The number of benzene rings is 1. The zero-order valence-electron chi connectivity index (χ0n) is 18.8. The maximum Gasteiger partial charge on any atom is 0.332 e.